The number of ether oxygens (including phenoxy) is 1. The zero-order valence-electron chi connectivity index (χ0n) is 11.0. The van der Waals surface area contributed by atoms with Crippen LogP contribution in [0.25, 0.3) is 0 Å². The van der Waals surface area contributed by atoms with Crippen molar-refractivity contribution < 1.29 is 24.2 Å². The highest BCUT2D eigenvalue weighted by molar-refractivity contribution is 7.99. The molecule has 0 unspecified atom stereocenters. The Bertz CT molecular complexity index is 363. The van der Waals surface area contributed by atoms with Crippen LogP contribution in [0.4, 0.5) is 4.79 Å². The third-order valence-corrected chi connectivity index (χ3v) is 3.85. The number of esters is 1. The molecule has 1 heterocycles. The Morgan fingerprint density at radius 1 is 1.47 bits per heavy atom. The highest BCUT2D eigenvalue weighted by atomic mass is 32.2. The minimum atomic E-state index is -0.985. The van der Waals surface area contributed by atoms with Crippen LogP contribution in [0.15, 0.2) is 0 Å². The second-order valence-electron chi connectivity index (χ2n) is 4.21. The van der Waals surface area contributed by atoms with Crippen LogP contribution in [0.1, 0.15) is 12.8 Å². The summed E-state index contributed by atoms with van der Waals surface area (Å²) in [6, 6.07) is -1.08. The van der Waals surface area contributed by atoms with Crippen LogP contribution < -0.4 is 0 Å². The van der Waals surface area contributed by atoms with Gasteiger partial charge in [0.2, 0.25) is 0 Å². The molecule has 1 N–H and O–H groups in total. The van der Waals surface area contributed by atoms with Crippen molar-refractivity contribution in [2.45, 2.75) is 18.9 Å². The first-order chi connectivity index (χ1) is 8.97. The van der Waals surface area contributed by atoms with E-state index in [1.807, 2.05) is 0 Å². The molecule has 0 saturated carbocycles. The number of urea groups is 1. The van der Waals surface area contributed by atoms with Gasteiger partial charge in [0, 0.05) is 25.8 Å². The monoisotopic (exact) mass is 290 g/mol. The highest BCUT2D eigenvalue weighted by Gasteiger charge is 2.35. The molecule has 1 atom stereocenters. The van der Waals surface area contributed by atoms with Gasteiger partial charge >= 0.3 is 18.0 Å². The van der Waals surface area contributed by atoms with Crippen molar-refractivity contribution in [3.63, 3.8) is 0 Å². The van der Waals surface area contributed by atoms with Gasteiger partial charge in [0.25, 0.3) is 0 Å². The molecule has 0 aromatic rings. The minimum Gasteiger partial charge on any atom is -0.480 e. The smallest absolute Gasteiger partial charge is 0.327 e. The van der Waals surface area contributed by atoms with Gasteiger partial charge in [-0.3, -0.25) is 4.79 Å². The molecular formula is C11H18N2O5S. The Morgan fingerprint density at radius 3 is 2.74 bits per heavy atom. The van der Waals surface area contributed by atoms with Crippen LogP contribution in [0.5, 0.6) is 0 Å². The fourth-order valence-electron chi connectivity index (χ4n) is 1.71. The summed E-state index contributed by atoms with van der Waals surface area (Å²) >= 11 is 1.42. The van der Waals surface area contributed by atoms with Gasteiger partial charge in [0.15, 0.2) is 0 Å². The van der Waals surface area contributed by atoms with Crippen LogP contribution in [-0.2, 0) is 14.3 Å². The Hall–Kier alpha value is -1.44. The number of rotatable bonds is 5. The minimum absolute atomic E-state index is 0.241. The fraction of sp³-hybridized carbons (Fsp3) is 0.727. The summed E-state index contributed by atoms with van der Waals surface area (Å²) in [5.41, 5.74) is 0. The molecule has 1 rings (SSSR count). The second kappa shape index (κ2) is 7.22. The van der Waals surface area contributed by atoms with Crippen molar-refractivity contribution in [1.29, 1.82) is 0 Å². The lowest BCUT2D eigenvalue weighted by molar-refractivity contribution is -0.141. The number of hydrogen-bond donors (Lipinski definition) is 1. The molecule has 2 amide bonds. The number of carbonyl (C=O) groups excluding carboxylic acids is 2. The number of carboxylic acid groups (broad SMARTS) is 1. The molecule has 0 aromatic carbocycles. The van der Waals surface area contributed by atoms with Crippen LogP contribution >= 0.6 is 11.8 Å². The highest BCUT2D eigenvalue weighted by Crippen LogP contribution is 2.22. The van der Waals surface area contributed by atoms with Gasteiger partial charge < -0.3 is 19.6 Å². The third-order valence-electron chi connectivity index (χ3n) is 2.84. The molecule has 1 aliphatic rings. The average Bonchev–Trinajstić information content (AvgIpc) is 2.86. The maximum atomic E-state index is 12.1. The largest absolute Gasteiger partial charge is 0.480 e. The van der Waals surface area contributed by atoms with E-state index in [1.165, 1.54) is 28.7 Å². The molecule has 0 bridgehead atoms. The van der Waals surface area contributed by atoms with Crippen molar-refractivity contribution in [2.24, 2.45) is 0 Å². The zero-order valence-corrected chi connectivity index (χ0v) is 11.8. The van der Waals surface area contributed by atoms with Gasteiger partial charge in [-0.1, -0.05) is 0 Å². The summed E-state index contributed by atoms with van der Waals surface area (Å²) in [5.74, 6) is -0.504. The number of nitrogens with zero attached hydrogens (tertiary/aromatic N) is 2. The lowest BCUT2D eigenvalue weighted by Crippen LogP contribution is -2.47. The molecule has 0 radical (unpaired) electrons. The van der Waals surface area contributed by atoms with Gasteiger partial charge in [-0.2, -0.15) is 0 Å². The molecule has 1 saturated heterocycles. The maximum Gasteiger partial charge on any atom is 0.327 e. The topological polar surface area (TPSA) is 87.2 Å². The zero-order chi connectivity index (χ0) is 14.4. The molecular weight excluding hydrogens is 272 g/mol. The molecule has 1 fully saturated rings. The fourth-order valence-corrected chi connectivity index (χ4v) is 2.85. The predicted molar refractivity (Wildman–Crippen MR) is 69.9 cm³/mol. The number of carbonyl (C=O) groups is 3. The van der Waals surface area contributed by atoms with E-state index < -0.39 is 12.0 Å². The first kappa shape index (κ1) is 15.6. The van der Waals surface area contributed by atoms with Crippen LogP contribution in [-0.4, -0.2) is 71.2 Å². The SMILES string of the molecule is COC(=O)CCCN(C)C(=O)N1CSC[C@H]1C(=O)O. The lowest BCUT2D eigenvalue weighted by Gasteiger charge is -2.26. The van der Waals surface area contributed by atoms with Crippen molar-refractivity contribution in [3.8, 4) is 0 Å². The van der Waals surface area contributed by atoms with E-state index in [4.69, 9.17) is 5.11 Å². The molecule has 108 valence electrons. The lowest BCUT2D eigenvalue weighted by atomic mass is 10.3. The van der Waals surface area contributed by atoms with E-state index in [-0.39, 0.29) is 18.4 Å². The number of thioether (sulfide) groups is 1. The van der Waals surface area contributed by atoms with E-state index in [0.717, 1.165) is 0 Å². The van der Waals surface area contributed by atoms with E-state index in [0.29, 0.717) is 24.6 Å². The Labute approximate surface area is 115 Å². The quantitative estimate of drug-likeness (QED) is 0.740. The predicted octanol–water partition coefficient (Wildman–Crippen LogP) is 0.451. The van der Waals surface area contributed by atoms with E-state index in [9.17, 15) is 14.4 Å². The van der Waals surface area contributed by atoms with E-state index in [2.05, 4.69) is 4.74 Å². The van der Waals surface area contributed by atoms with Crippen LogP contribution in [0.2, 0.25) is 0 Å². The third kappa shape index (κ3) is 4.30. The van der Waals surface area contributed by atoms with Crippen molar-refractivity contribution in [3.05, 3.63) is 0 Å². The summed E-state index contributed by atoms with van der Waals surface area (Å²) in [5, 5.41) is 9.01. The average molecular weight is 290 g/mol. The molecule has 0 aromatic heterocycles. The van der Waals surface area contributed by atoms with Crippen molar-refractivity contribution in [2.75, 3.05) is 32.3 Å². The first-order valence-corrected chi connectivity index (χ1v) is 7.02. The molecule has 1 aliphatic heterocycles. The number of methoxy groups -OCH3 is 1. The maximum absolute atomic E-state index is 12.1. The normalized spacial score (nSPS) is 18.2. The number of aliphatic carboxylic acids is 1. The van der Waals surface area contributed by atoms with Crippen LogP contribution in [0.3, 0.4) is 0 Å². The van der Waals surface area contributed by atoms with Gasteiger partial charge in [-0.05, 0) is 6.42 Å². The van der Waals surface area contributed by atoms with Crippen molar-refractivity contribution >= 4 is 29.7 Å². The molecule has 7 nitrogen and oxygen atoms in total. The number of carboxylic acids is 1. The van der Waals surface area contributed by atoms with Gasteiger partial charge in [-0.15, -0.1) is 11.8 Å². The van der Waals surface area contributed by atoms with Gasteiger partial charge in [0.05, 0.1) is 13.0 Å². The van der Waals surface area contributed by atoms with Gasteiger partial charge in [-0.25, -0.2) is 9.59 Å². The Kier molecular flexibility index (Phi) is 5.94. The summed E-state index contributed by atoms with van der Waals surface area (Å²) in [6.07, 6.45) is 0.735. The number of hydrogen-bond acceptors (Lipinski definition) is 5. The second-order valence-corrected chi connectivity index (χ2v) is 5.21. The molecule has 0 aliphatic carbocycles. The van der Waals surface area contributed by atoms with Crippen LogP contribution in [0, 0.1) is 0 Å². The molecule has 0 spiro atoms. The summed E-state index contributed by atoms with van der Waals surface area (Å²) in [6.45, 7) is 0.390. The van der Waals surface area contributed by atoms with E-state index in [1.54, 1.807) is 7.05 Å². The standard InChI is InChI=1S/C11H18N2O5S/c1-12(5-3-4-9(14)18-2)11(17)13-7-19-6-8(13)10(15)16/h8H,3-7H2,1-2H3,(H,15,16)/t8-/m0/s1. The Morgan fingerprint density at radius 2 is 2.16 bits per heavy atom. The summed E-state index contributed by atoms with van der Waals surface area (Å²) in [7, 11) is 2.91. The number of amides is 2. The van der Waals surface area contributed by atoms with Crippen molar-refractivity contribution in [1.82, 2.24) is 9.80 Å². The summed E-state index contributed by atoms with van der Waals surface area (Å²) in [4.78, 5) is 36.8. The van der Waals surface area contributed by atoms with E-state index >= 15 is 0 Å². The Balaban J connectivity index is 2.43. The first-order valence-electron chi connectivity index (χ1n) is 5.86. The molecule has 8 heteroatoms. The molecule has 19 heavy (non-hydrogen) atoms. The summed E-state index contributed by atoms with van der Waals surface area (Å²) < 4.78 is 4.51. The van der Waals surface area contributed by atoms with Gasteiger partial charge in [0.1, 0.15) is 6.04 Å².